The van der Waals surface area contributed by atoms with Gasteiger partial charge in [-0.3, -0.25) is 5.32 Å². The molecular formula is C17H22N4. The van der Waals surface area contributed by atoms with Crippen molar-refractivity contribution >= 4 is 11.0 Å². The molecule has 1 aliphatic carbocycles. The van der Waals surface area contributed by atoms with Gasteiger partial charge in [-0.25, -0.2) is 4.98 Å². The lowest BCUT2D eigenvalue weighted by Crippen LogP contribution is -2.42. The maximum Gasteiger partial charge on any atom is 0.104 e. The molecule has 1 aliphatic rings. The molecule has 1 fully saturated rings. The van der Waals surface area contributed by atoms with E-state index in [4.69, 9.17) is 0 Å². The first kappa shape index (κ1) is 14.1. The Morgan fingerprint density at radius 3 is 2.95 bits per heavy atom. The number of hydrogen-bond donors (Lipinski definition) is 1. The first-order valence-electron chi connectivity index (χ1n) is 7.79. The monoisotopic (exact) mass is 282 g/mol. The van der Waals surface area contributed by atoms with Gasteiger partial charge >= 0.3 is 0 Å². The molecular weight excluding hydrogens is 260 g/mol. The number of nitrogens with one attached hydrogen (secondary N) is 1. The number of hydrogen-bond acceptors (Lipinski definition) is 3. The number of aryl methyl sites for hydroxylation is 1. The van der Waals surface area contributed by atoms with Crippen LogP contribution in [-0.2, 0) is 6.54 Å². The second kappa shape index (κ2) is 5.87. The minimum atomic E-state index is -0.363. The van der Waals surface area contributed by atoms with Gasteiger partial charge in [-0.05, 0) is 51.2 Å². The summed E-state index contributed by atoms with van der Waals surface area (Å²) in [4.78, 5) is 4.41. The van der Waals surface area contributed by atoms with Crippen molar-refractivity contribution < 1.29 is 0 Å². The molecule has 2 aromatic rings. The molecule has 3 rings (SSSR count). The number of benzene rings is 1. The molecule has 1 aromatic carbocycles. The Balaban J connectivity index is 1.50. The lowest BCUT2D eigenvalue weighted by Gasteiger charge is -2.23. The van der Waals surface area contributed by atoms with Crippen LogP contribution in [0.1, 0.15) is 39.0 Å². The number of rotatable bonds is 7. The number of fused-ring (bicyclic) bond motifs is 1. The first-order chi connectivity index (χ1) is 10.2. The molecule has 1 saturated carbocycles. The van der Waals surface area contributed by atoms with Crippen molar-refractivity contribution in [2.75, 3.05) is 0 Å². The van der Waals surface area contributed by atoms with Gasteiger partial charge in [-0.2, -0.15) is 5.26 Å². The zero-order valence-electron chi connectivity index (χ0n) is 12.5. The summed E-state index contributed by atoms with van der Waals surface area (Å²) in [6.07, 6.45) is 7.39. The Morgan fingerprint density at radius 1 is 1.38 bits per heavy atom. The van der Waals surface area contributed by atoms with Gasteiger partial charge in [0.1, 0.15) is 5.54 Å². The average Bonchev–Trinajstić information content (AvgIpc) is 3.21. The van der Waals surface area contributed by atoms with Gasteiger partial charge in [-0.1, -0.05) is 12.1 Å². The van der Waals surface area contributed by atoms with Crippen LogP contribution < -0.4 is 5.32 Å². The van der Waals surface area contributed by atoms with Crippen molar-refractivity contribution in [1.82, 2.24) is 14.9 Å². The molecule has 4 heteroatoms. The summed E-state index contributed by atoms with van der Waals surface area (Å²) in [5.41, 5.74) is 1.88. The molecule has 0 radical (unpaired) electrons. The van der Waals surface area contributed by atoms with Crippen molar-refractivity contribution in [2.24, 2.45) is 0 Å². The highest BCUT2D eigenvalue weighted by Gasteiger charge is 2.31. The highest BCUT2D eigenvalue weighted by atomic mass is 15.0. The molecule has 0 amide bonds. The lowest BCUT2D eigenvalue weighted by molar-refractivity contribution is 0.393. The highest BCUT2D eigenvalue weighted by Crippen LogP contribution is 2.25. The predicted molar refractivity (Wildman–Crippen MR) is 83.8 cm³/mol. The maximum atomic E-state index is 9.36. The molecule has 1 aromatic heterocycles. The number of para-hydroxylation sites is 2. The Hall–Kier alpha value is -1.86. The molecule has 1 N–H and O–H groups in total. The SMILES string of the molecule is CC(C#N)(CCCCn1cnc2ccccc21)NC1CC1. The second-order valence-corrected chi connectivity index (χ2v) is 6.25. The standard InChI is InChI=1S/C17H22N4/c1-17(12-18,20-14-8-9-14)10-4-5-11-21-13-19-15-6-2-3-7-16(15)21/h2-3,6-7,13-14,20H,4-5,8-11H2,1H3. The predicted octanol–water partition coefficient (Wildman–Crippen LogP) is 3.24. The number of imidazole rings is 1. The Bertz CT molecular complexity index is 650. The van der Waals surface area contributed by atoms with Crippen LogP contribution in [0.3, 0.4) is 0 Å². The topological polar surface area (TPSA) is 53.6 Å². The fourth-order valence-electron chi connectivity index (χ4n) is 2.79. The summed E-state index contributed by atoms with van der Waals surface area (Å²) in [6, 6.07) is 11.2. The molecule has 1 heterocycles. The zero-order chi connectivity index (χ0) is 14.7. The molecule has 1 atom stereocenters. The van der Waals surface area contributed by atoms with Crippen LogP contribution in [-0.4, -0.2) is 21.1 Å². The van der Waals surface area contributed by atoms with Crippen molar-refractivity contribution in [3.63, 3.8) is 0 Å². The van der Waals surface area contributed by atoms with Crippen molar-refractivity contribution in [2.45, 2.75) is 57.2 Å². The van der Waals surface area contributed by atoms with E-state index in [9.17, 15) is 5.26 Å². The summed E-state index contributed by atoms with van der Waals surface area (Å²) >= 11 is 0. The quantitative estimate of drug-likeness (QED) is 0.793. The van der Waals surface area contributed by atoms with E-state index in [0.29, 0.717) is 6.04 Å². The van der Waals surface area contributed by atoms with Gasteiger partial charge in [0.05, 0.1) is 23.4 Å². The summed E-state index contributed by atoms with van der Waals surface area (Å²) in [5.74, 6) is 0. The minimum Gasteiger partial charge on any atom is -0.331 e. The lowest BCUT2D eigenvalue weighted by atomic mass is 9.96. The van der Waals surface area contributed by atoms with Crippen LogP contribution in [0.25, 0.3) is 11.0 Å². The van der Waals surface area contributed by atoms with Crippen LogP contribution in [0.2, 0.25) is 0 Å². The molecule has 0 aliphatic heterocycles. The van der Waals surface area contributed by atoms with Crippen LogP contribution in [0.15, 0.2) is 30.6 Å². The Labute approximate surface area is 125 Å². The van der Waals surface area contributed by atoms with E-state index in [1.807, 2.05) is 31.5 Å². The van der Waals surface area contributed by atoms with Crippen molar-refractivity contribution in [3.05, 3.63) is 30.6 Å². The zero-order valence-corrected chi connectivity index (χ0v) is 12.5. The average molecular weight is 282 g/mol. The fourth-order valence-corrected chi connectivity index (χ4v) is 2.79. The van der Waals surface area contributed by atoms with Crippen molar-refractivity contribution in [1.29, 1.82) is 5.26 Å². The van der Waals surface area contributed by atoms with E-state index in [2.05, 4.69) is 27.0 Å². The molecule has 21 heavy (non-hydrogen) atoms. The second-order valence-electron chi connectivity index (χ2n) is 6.25. The largest absolute Gasteiger partial charge is 0.331 e. The Morgan fingerprint density at radius 2 is 2.19 bits per heavy atom. The minimum absolute atomic E-state index is 0.363. The summed E-state index contributed by atoms with van der Waals surface area (Å²) in [6.45, 7) is 2.99. The number of nitriles is 1. The highest BCUT2D eigenvalue weighted by molar-refractivity contribution is 5.74. The van der Waals surface area contributed by atoms with Crippen LogP contribution in [0.5, 0.6) is 0 Å². The number of aromatic nitrogens is 2. The number of nitrogens with zero attached hydrogens (tertiary/aromatic N) is 3. The van der Waals surface area contributed by atoms with Gasteiger partial charge in [0.25, 0.3) is 0 Å². The van der Waals surface area contributed by atoms with Crippen molar-refractivity contribution in [3.8, 4) is 6.07 Å². The molecule has 4 nitrogen and oxygen atoms in total. The maximum absolute atomic E-state index is 9.36. The van der Waals surface area contributed by atoms with E-state index in [-0.39, 0.29) is 5.54 Å². The van der Waals surface area contributed by atoms with E-state index in [1.165, 1.54) is 18.4 Å². The fraction of sp³-hybridized carbons (Fsp3) is 0.529. The number of unbranched alkanes of at least 4 members (excludes halogenated alkanes) is 1. The summed E-state index contributed by atoms with van der Waals surface area (Å²) in [5, 5.41) is 12.8. The van der Waals surface area contributed by atoms with E-state index in [1.54, 1.807) is 0 Å². The van der Waals surface area contributed by atoms with Gasteiger partial charge in [-0.15, -0.1) is 0 Å². The normalized spacial score (nSPS) is 17.5. The van der Waals surface area contributed by atoms with Crippen LogP contribution in [0, 0.1) is 11.3 Å². The summed E-state index contributed by atoms with van der Waals surface area (Å²) < 4.78 is 2.20. The van der Waals surface area contributed by atoms with Crippen LogP contribution in [0.4, 0.5) is 0 Å². The van der Waals surface area contributed by atoms with Crippen LogP contribution >= 0.6 is 0 Å². The van der Waals surface area contributed by atoms with E-state index < -0.39 is 0 Å². The van der Waals surface area contributed by atoms with E-state index >= 15 is 0 Å². The van der Waals surface area contributed by atoms with Gasteiger partial charge < -0.3 is 4.57 Å². The molecule has 0 spiro atoms. The Kier molecular flexibility index (Phi) is 3.94. The molecule has 0 saturated heterocycles. The third-order valence-electron chi connectivity index (χ3n) is 4.20. The molecule has 1 unspecified atom stereocenters. The van der Waals surface area contributed by atoms with Gasteiger partial charge in [0.2, 0.25) is 0 Å². The smallest absolute Gasteiger partial charge is 0.104 e. The molecule has 0 bridgehead atoms. The van der Waals surface area contributed by atoms with E-state index in [0.717, 1.165) is 31.3 Å². The van der Waals surface area contributed by atoms with Gasteiger partial charge in [0, 0.05) is 12.6 Å². The third-order valence-corrected chi connectivity index (χ3v) is 4.20. The first-order valence-corrected chi connectivity index (χ1v) is 7.79. The third kappa shape index (κ3) is 3.43. The molecule has 110 valence electrons. The van der Waals surface area contributed by atoms with Gasteiger partial charge in [0.15, 0.2) is 0 Å². The summed E-state index contributed by atoms with van der Waals surface area (Å²) in [7, 11) is 0.